The predicted molar refractivity (Wildman–Crippen MR) is 70.1 cm³/mol. The third-order valence-corrected chi connectivity index (χ3v) is 3.15. The molecule has 0 radical (unpaired) electrons. The van der Waals surface area contributed by atoms with Gasteiger partial charge in [-0.15, -0.1) is 0 Å². The second-order valence-corrected chi connectivity index (χ2v) is 4.50. The first-order valence-electron chi connectivity index (χ1n) is 5.16. The maximum Gasteiger partial charge on any atom is 0.271 e. The van der Waals surface area contributed by atoms with Crippen molar-refractivity contribution in [2.24, 2.45) is 0 Å². The van der Waals surface area contributed by atoms with Crippen molar-refractivity contribution in [1.82, 2.24) is 0 Å². The second kappa shape index (κ2) is 4.97. The highest BCUT2D eigenvalue weighted by molar-refractivity contribution is 7.08. The molecular formula is C12H10N2O3S. The van der Waals surface area contributed by atoms with Crippen molar-refractivity contribution in [3.05, 3.63) is 56.3 Å². The van der Waals surface area contributed by atoms with Gasteiger partial charge in [0, 0.05) is 17.5 Å². The zero-order valence-corrected chi connectivity index (χ0v) is 10.4. The Hall–Kier alpha value is -2.21. The number of hydrogen-bond acceptors (Lipinski definition) is 4. The third kappa shape index (κ3) is 2.54. The molecule has 0 aliphatic heterocycles. The summed E-state index contributed by atoms with van der Waals surface area (Å²) in [6.45, 7) is 1.78. The molecule has 0 saturated heterocycles. The lowest BCUT2D eigenvalue weighted by Gasteiger charge is -2.07. The first kappa shape index (κ1) is 12.3. The number of non-ortho nitro benzene ring substituents is 1. The largest absolute Gasteiger partial charge is 0.321 e. The number of thiophene rings is 1. The van der Waals surface area contributed by atoms with Gasteiger partial charge in [-0.05, 0) is 23.9 Å². The smallest absolute Gasteiger partial charge is 0.271 e. The SMILES string of the molecule is Cc1ccc([N+](=O)[O-])cc1NC(=O)c1ccsc1. The Labute approximate surface area is 107 Å². The van der Waals surface area contributed by atoms with E-state index >= 15 is 0 Å². The van der Waals surface area contributed by atoms with Gasteiger partial charge in [-0.2, -0.15) is 11.3 Å². The first-order chi connectivity index (χ1) is 8.58. The van der Waals surface area contributed by atoms with Gasteiger partial charge >= 0.3 is 0 Å². The van der Waals surface area contributed by atoms with Gasteiger partial charge in [0.25, 0.3) is 11.6 Å². The summed E-state index contributed by atoms with van der Waals surface area (Å²) in [6, 6.07) is 6.09. The van der Waals surface area contributed by atoms with Crippen LogP contribution in [0.4, 0.5) is 11.4 Å². The molecule has 0 fully saturated rings. The topological polar surface area (TPSA) is 72.2 Å². The van der Waals surface area contributed by atoms with E-state index in [9.17, 15) is 14.9 Å². The third-order valence-electron chi connectivity index (χ3n) is 2.46. The molecule has 18 heavy (non-hydrogen) atoms. The van der Waals surface area contributed by atoms with Gasteiger partial charge in [-0.25, -0.2) is 0 Å². The lowest BCUT2D eigenvalue weighted by molar-refractivity contribution is -0.384. The molecule has 6 heteroatoms. The number of nitro groups is 1. The van der Waals surface area contributed by atoms with E-state index in [0.29, 0.717) is 11.3 Å². The van der Waals surface area contributed by atoms with Gasteiger partial charge in [-0.1, -0.05) is 6.07 Å². The Balaban J connectivity index is 2.26. The summed E-state index contributed by atoms with van der Waals surface area (Å²) >= 11 is 1.42. The van der Waals surface area contributed by atoms with Crippen LogP contribution < -0.4 is 5.32 Å². The van der Waals surface area contributed by atoms with Crippen LogP contribution in [0.3, 0.4) is 0 Å². The number of benzene rings is 1. The lowest BCUT2D eigenvalue weighted by Crippen LogP contribution is -2.11. The average molecular weight is 262 g/mol. The van der Waals surface area contributed by atoms with E-state index in [4.69, 9.17) is 0 Å². The zero-order valence-electron chi connectivity index (χ0n) is 9.54. The lowest BCUT2D eigenvalue weighted by atomic mass is 10.1. The molecule has 0 bridgehead atoms. The minimum Gasteiger partial charge on any atom is -0.321 e. The maximum absolute atomic E-state index is 11.8. The zero-order chi connectivity index (χ0) is 13.1. The predicted octanol–water partition coefficient (Wildman–Crippen LogP) is 3.22. The summed E-state index contributed by atoms with van der Waals surface area (Å²) in [6.07, 6.45) is 0. The van der Waals surface area contributed by atoms with Crippen molar-refractivity contribution < 1.29 is 9.72 Å². The standard InChI is InChI=1S/C12H10N2O3S/c1-8-2-3-10(14(16)17)6-11(8)13-12(15)9-4-5-18-7-9/h2-7H,1H3,(H,13,15). The van der Waals surface area contributed by atoms with E-state index in [0.717, 1.165) is 5.56 Å². The summed E-state index contributed by atoms with van der Waals surface area (Å²) < 4.78 is 0. The van der Waals surface area contributed by atoms with Gasteiger partial charge in [0.15, 0.2) is 0 Å². The molecule has 0 saturated carbocycles. The molecule has 1 heterocycles. The Morgan fingerprint density at radius 2 is 2.17 bits per heavy atom. The van der Waals surface area contributed by atoms with Crippen LogP contribution in [0.25, 0.3) is 0 Å². The van der Waals surface area contributed by atoms with Gasteiger partial charge in [0.05, 0.1) is 16.2 Å². The molecule has 92 valence electrons. The summed E-state index contributed by atoms with van der Waals surface area (Å²) in [5, 5.41) is 16.9. The van der Waals surface area contributed by atoms with Crippen LogP contribution in [0.15, 0.2) is 35.0 Å². The first-order valence-corrected chi connectivity index (χ1v) is 6.11. The number of rotatable bonds is 3. The number of nitro benzene ring substituents is 1. The van der Waals surface area contributed by atoms with Crippen LogP contribution in [-0.4, -0.2) is 10.8 Å². The number of hydrogen-bond donors (Lipinski definition) is 1. The van der Waals surface area contributed by atoms with E-state index in [-0.39, 0.29) is 11.6 Å². The highest BCUT2D eigenvalue weighted by atomic mass is 32.1. The van der Waals surface area contributed by atoms with Gasteiger partial charge in [-0.3, -0.25) is 14.9 Å². The van der Waals surface area contributed by atoms with Crippen LogP contribution in [0, 0.1) is 17.0 Å². The number of carbonyl (C=O) groups excluding carboxylic acids is 1. The number of carbonyl (C=O) groups is 1. The highest BCUT2D eigenvalue weighted by Gasteiger charge is 2.12. The number of nitrogens with zero attached hydrogens (tertiary/aromatic N) is 1. The fourth-order valence-electron chi connectivity index (χ4n) is 1.45. The van der Waals surface area contributed by atoms with Crippen LogP contribution in [0.1, 0.15) is 15.9 Å². The summed E-state index contributed by atoms with van der Waals surface area (Å²) in [7, 11) is 0. The van der Waals surface area contributed by atoms with Gasteiger partial charge in [0.2, 0.25) is 0 Å². The van der Waals surface area contributed by atoms with Crippen LogP contribution in [0.5, 0.6) is 0 Å². The minimum atomic E-state index is -0.486. The monoisotopic (exact) mass is 262 g/mol. The van der Waals surface area contributed by atoms with Crippen molar-refractivity contribution in [1.29, 1.82) is 0 Å². The van der Waals surface area contributed by atoms with E-state index in [1.807, 2.05) is 0 Å². The number of aryl methyl sites for hydroxylation is 1. The van der Waals surface area contributed by atoms with Crippen molar-refractivity contribution >= 4 is 28.6 Å². The van der Waals surface area contributed by atoms with E-state index in [1.165, 1.54) is 23.5 Å². The molecule has 1 aromatic heterocycles. The fourth-order valence-corrected chi connectivity index (χ4v) is 2.08. The number of amides is 1. The molecule has 1 amide bonds. The normalized spacial score (nSPS) is 10.1. The molecule has 2 rings (SSSR count). The van der Waals surface area contributed by atoms with Crippen molar-refractivity contribution in [2.75, 3.05) is 5.32 Å². The van der Waals surface area contributed by atoms with E-state index < -0.39 is 4.92 Å². The molecule has 0 aliphatic carbocycles. The minimum absolute atomic E-state index is 0.0405. The molecule has 0 unspecified atom stereocenters. The summed E-state index contributed by atoms with van der Waals surface area (Å²) in [5.41, 5.74) is 1.75. The highest BCUT2D eigenvalue weighted by Crippen LogP contribution is 2.22. The maximum atomic E-state index is 11.8. The average Bonchev–Trinajstić information content (AvgIpc) is 2.85. The van der Waals surface area contributed by atoms with E-state index in [1.54, 1.807) is 29.8 Å². The summed E-state index contributed by atoms with van der Waals surface area (Å²) in [4.78, 5) is 22.0. The van der Waals surface area contributed by atoms with Crippen molar-refractivity contribution in [3.63, 3.8) is 0 Å². The van der Waals surface area contributed by atoms with Crippen LogP contribution in [0.2, 0.25) is 0 Å². The molecule has 0 aliphatic rings. The molecule has 0 spiro atoms. The Bertz CT molecular complexity index is 593. The molecular weight excluding hydrogens is 252 g/mol. The molecule has 0 atom stereocenters. The molecule has 5 nitrogen and oxygen atoms in total. The van der Waals surface area contributed by atoms with Crippen molar-refractivity contribution in [3.8, 4) is 0 Å². The molecule has 1 N–H and O–H groups in total. The molecule has 1 aromatic carbocycles. The second-order valence-electron chi connectivity index (χ2n) is 3.72. The fraction of sp³-hybridized carbons (Fsp3) is 0.0833. The van der Waals surface area contributed by atoms with E-state index in [2.05, 4.69) is 5.32 Å². The Morgan fingerprint density at radius 1 is 1.39 bits per heavy atom. The number of anilines is 1. The van der Waals surface area contributed by atoms with Gasteiger partial charge < -0.3 is 5.32 Å². The number of nitrogens with one attached hydrogen (secondary N) is 1. The Morgan fingerprint density at radius 3 is 2.78 bits per heavy atom. The summed E-state index contributed by atoms with van der Waals surface area (Å²) in [5.74, 6) is -0.264. The van der Waals surface area contributed by atoms with Crippen LogP contribution in [-0.2, 0) is 0 Å². The molecule has 2 aromatic rings. The van der Waals surface area contributed by atoms with Crippen LogP contribution >= 0.6 is 11.3 Å². The van der Waals surface area contributed by atoms with Crippen molar-refractivity contribution in [2.45, 2.75) is 6.92 Å². The Kier molecular flexibility index (Phi) is 3.38. The quantitative estimate of drug-likeness (QED) is 0.681. The van der Waals surface area contributed by atoms with Gasteiger partial charge in [0.1, 0.15) is 0 Å².